The van der Waals surface area contributed by atoms with Crippen molar-refractivity contribution in [1.82, 2.24) is 4.90 Å². The van der Waals surface area contributed by atoms with Gasteiger partial charge in [0.05, 0.1) is 10.8 Å². The number of carboxylic acids is 1. The molecule has 0 aromatic carbocycles. The average molecular weight is 295 g/mol. The summed E-state index contributed by atoms with van der Waals surface area (Å²) in [6.45, 7) is 6.06. The fourth-order valence-corrected chi connectivity index (χ4v) is 3.34. The van der Waals surface area contributed by atoms with E-state index in [9.17, 15) is 9.59 Å². The van der Waals surface area contributed by atoms with Crippen LogP contribution in [0.2, 0.25) is 0 Å². The summed E-state index contributed by atoms with van der Waals surface area (Å²) in [4.78, 5) is 27.3. The predicted octanol–water partition coefficient (Wildman–Crippen LogP) is 2.94. The summed E-state index contributed by atoms with van der Waals surface area (Å²) in [7, 11) is 0. The number of aliphatic carboxylic acids is 1. The molecule has 1 atom stereocenters. The Labute approximate surface area is 123 Å². The van der Waals surface area contributed by atoms with Crippen LogP contribution < -0.4 is 0 Å². The zero-order valence-corrected chi connectivity index (χ0v) is 13.0. The minimum Gasteiger partial charge on any atom is -0.481 e. The predicted molar refractivity (Wildman–Crippen MR) is 79.3 cm³/mol. The van der Waals surface area contributed by atoms with Crippen molar-refractivity contribution in [3.63, 3.8) is 0 Å². The van der Waals surface area contributed by atoms with Gasteiger partial charge >= 0.3 is 5.97 Å². The quantitative estimate of drug-likeness (QED) is 0.878. The van der Waals surface area contributed by atoms with Gasteiger partial charge in [0, 0.05) is 17.5 Å². The molecule has 1 heterocycles. The zero-order chi connectivity index (χ0) is 14.9. The first-order chi connectivity index (χ1) is 9.43. The van der Waals surface area contributed by atoms with E-state index in [1.165, 1.54) is 16.2 Å². The maximum absolute atomic E-state index is 12.6. The monoisotopic (exact) mass is 295 g/mol. The topological polar surface area (TPSA) is 57.6 Å². The zero-order valence-electron chi connectivity index (χ0n) is 12.2. The van der Waals surface area contributed by atoms with Gasteiger partial charge in [0.15, 0.2) is 0 Å². The van der Waals surface area contributed by atoms with E-state index in [4.69, 9.17) is 5.11 Å². The lowest BCUT2D eigenvalue weighted by atomic mass is 10.1. The van der Waals surface area contributed by atoms with Crippen molar-refractivity contribution in [2.24, 2.45) is 5.92 Å². The Balaban J connectivity index is 2.16. The standard InChI is InChI=1S/C15H21NO3S/c1-4-12-9(2)7-13(20-12)14(17)16(11-5-6-11)8-10(3)15(18)19/h7,10-11H,4-6,8H2,1-3H3,(H,18,19). The summed E-state index contributed by atoms with van der Waals surface area (Å²) in [5.41, 5.74) is 1.16. The van der Waals surface area contributed by atoms with E-state index in [2.05, 4.69) is 6.92 Å². The molecule has 0 radical (unpaired) electrons. The van der Waals surface area contributed by atoms with E-state index in [0.717, 1.165) is 29.7 Å². The van der Waals surface area contributed by atoms with Crippen LogP contribution in [-0.4, -0.2) is 34.5 Å². The van der Waals surface area contributed by atoms with Crippen molar-refractivity contribution in [3.05, 3.63) is 21.4 Å². The molecular weight excluding hydrogens is 274 g/mol. The first kappa shape index (κ1) is 15.0. The Hall–Kier alpha value is -1.36. The Morgan fingerprint density at radius 2 is 2.15 bits per heavy atom. The van der Waals surface area contributed by atoms with Crippen LogP contribution in [-0.2, 0) is 11.2 Å². The number of thiophene rings is 1. The third-order valence-corrected chi connectivity index (χ3v) is 5.06. The Kier molecular flexibility index (Phi) is 4.48. The molecule has 0 spiro atoms. The average Bonchev–Trinajstić information content (AvgIpc) is 3.17. The molecule has 1 fully saturated rings. The number of carbonyl (C=O) groups excluding carboxylic acids is 1. The number of carbonyl (C=O) groups is 2. The normalized spacial score (nSPS) is 15.9. The molecule has 110 valence electrons. The van der Waals surface area contributed by atoms with Gasteiger partial charge in [0.2, 0.25) is 0 Å². The smallest absolute Gasteiger partial charge is 0.308 e. The first-order valence-corrected chi connectivity index (χ1v) is 7.88. The Bertz CT molecular complexity index is 519. The minimum atomic E-state index is -0.847. The molecule has 1 N–H and O–H groups in total. The highest BCUT2D eigenvalue weighted by Gasteiger charge is 2.35. The second-order valence-electron chi connectivity index (χ2n) is 5.50. The number of rotatable bonds is 6. The van der Waals surface area contributed by atoms with Gasteiger partial charge in [-0.3, -0.25) is 9.59 Å². The maximum Gasteiger partial charge on any atom is 0.308 e. The Morgan fingerprint density at radius 3 is 2.60 bits per heavy atom. The minimum absolute atomic E-state index is 0.00611. The summed E-state index contributed by atoms with van der Waals surface area (Å²) in [5.74, 6) is -1.38. The molecule has 2 rings (SSSR count). The Morgan fingerprint density at radius 1 is 1.50 bits per heavy atom. The molecule has 1 aliphatic rings. The van der Waals surface area contributed by atoms with E-state index in [-0.39, 0.29) is 11.9 Å². The molecular formula is C15H21NO3S. The maximum atomic E-state index is 12.6. The fraction of sp³-hybridized carbons (Fsp3) is 0.600. The SMILES string of the molecule is CCc1sc(C(=O)N(CC(C)C(=O)O)C2CC2)cc1C. The molecule has 1 amide bonds. The van der Waals surface area contributed by atoms with Crippen LogP contribution in [0.5, 0.6) is 0 Å². The van der Waals surface area contributed by atoms with Gasteiger partial charge in [-0.25, -0.2) is 0 Å². The van der Waals surface area contributed by atoms with Crippen molar-refractivity contribution in [2.45, 2.75) is 46.1 Å². The molecule has 1 aromatic heterocycles. The number of hydrogen-bond donors (Lipinski definition) is 1. The highest BCUT2D eigenvalue weighted by molar-refractivity contribution is 7.14. The molecule has 4 nitrogen and oxygen atoms in total. The summed E-state index contributed by atoms with van der Waals surface area (Å²) < 4.78 is 0. The summed E-state index contributed by atoms with van der Waals surface area (Å²) in [5, 5.41) is 9.04. The highest BCUT2D eigenvalue weighted by atomic mass is 32.1. The van der Waals surface area contributed by atoms with Crippen molar-refractivity contribution in [2.75, 3.05) is 6.54 Å². The fourth-order valence-electron chi connectivity index (χ4n) is 2.27. The number of aryl methyl sites for hydroxylation is 2. The van der Waals surface area contributed by atoms with Gasteiger partial charge in [-0.2, -0.15) is 0 Å². The molecule has 1 saturated carbocycles. The van der Waals surface area contributed by atoms with Gasteiger partial charge in [0.25, 0.3) is 5.91 Å². The summed E-state index contributed by atoms with van der Waals surface area (Å²) in [6.07, 6.45) is 2.91. The van der Waals surface area contributed by atoms with Crippen LogP contribution in [0, 0.1) is 12.8 Å². The number of hydrogen-bond acceptors (Lipinski definition) is 3. The van der Waals surface area contributed by atoms with E-state index in [0.29, 0.717) is 6.54 Å². The second kappa shape index (κ2) is 5.95. The first-order valence-electron chi connectivity index (χ1n) is 7.07. The molecule has 1 unspecified atom stereocenters. The third kappa shape index (κ3) is 3.20. The van der Waals surface area contributed by atoms with Crippen molar-refractivity contribution >= 4 is 23.2 Å². The van der Waals surface area contributed by atoms with Crippen LogP contribution in [0.3, 0.4) is 0 Å². The van der Waals surface area contributed by atoms with Crippen molar-refractivity contribution in [1.29, 1.82) is 0 Å². The molecule has 0 saturated heterocycles. The van der Waals surface area contributed by atoms with E-state index >= 15 is 0 Å². The van der Waals surface area contributed by atoms with Crippen LogP contribution in [0.25, 0.3) is 0 Å². The van der Waals surface area contributed by atoms with Gasteiger partial charge in [-0.15, -0.1) is 11.3 Å². The van der Waals surface area contributed by atoms with Crippen LogP contribution in [0.4, 0.5) is 0 Å². The van der Waals surface area contributed by atoms with Crippen LogP contribution in [0.1, 0.15) is 46.8 Å². The summed E-state index contributed by atoms with van der Waals surface area (Å²) in [6, 6.07) is 2.17. The van der Waals surface area contributed by atoms with E-state index in [1.54, 1.807) is 11.8 Å². The highest BCUT2D eigenvalue weighted by Crippen LogP contribution is 2.31. The van der Waals surface area contributed by atoms with Gasteiger partial charge in [-0.05, 0) is 37.8 Å². The van der Waals surface area contributed by atoms with Crippen LogP contribution in [0.15, 0.2) is 6.07 Å². The molecule has 1 aromatic rings. The van der Waals surface area contributed by atoms with Gasteiger partial charge in [-0.1, -0.05) is 13.8 Å². The number of amides is 1. The van der Waals surface area contributed by atoms with Crippen molar-refractivity contribution < 1.29 is 14.7 Å². The molecule has 1 aliphatic carbocycles. The molecule has 0 bridgehead atoms. The molecule has 20 heavy (non-hydrogen) atoms. The molecule has 0 aliphatic heterocycles. The lowest BCUT2D eigenvalue weighted by Gasteiger charge is -2.23. The van der Waals surface area contributed by atoms with E-state index < -0.39 is 11.9 Å². The van der Waals surface area contributed by atoms with E-state index in [1.807, 2.05) is 13.0 Å². The number of carboxylic acid groups (broad SMARTS) is 1. The largest absolute Gasteiger partial charge is 0.481 e. The molecule has 5 heteroatoms. The number of nitrogens with zero attached hydrogens (tertiary/aromatic N) is 1. The van der Waals surface area contributed by atoms with Gasteiger partial charge < -0.3 is 10.0 Å². The summed E-state index contributed by atoms with van der Waals surface area (Å²) >= 11 is 1.54. The lowest BCUT2D eigenvalue weighted by molar-refractivity contribution is -0.141. The lowest BCUT2D eigenvalue weighted by Crippen LogP contribution is -2.38. The third-order valence-electron chi connectivity index (χ3n) is 3.69. The second-order valence-corrected chi connectivity index (χ2v) is 6.64. The van der Waals surface area contributed by atoms with Crippen molar-refractivity contribution in [3.8, 4) is 0 Å². The van der Waals surface area contributed by atoms with Gasteiger partial charge in [0.1, 0.15) is 0 Å². The van der Waals surface area contributed by atoms with Crippen LogP contribution >= 0.6 is 11.3 Å².